The van der Waals surface area contributed by atoms with Crippen LogP contribution in [-0.2, 0) is 0 Å². The molecule has 0 aliphatic heterocycles. The highest BCUT2D eigenvalue weighted by molar-refractivity contribution is 5.61. The van der Waals surface area contributed by atoms with Crippen LogP contribution in [0.1, 0.15) is 44.2 Å². The third-order valence-electron chi connectivity index (χ3n) is 2.56. The molecule has 1 rings (SSSR count). The summed E-state index contributed by atoms with van der Waals surface area (Å²) in [5.74, 6) is 0.652. The van der Waals surface area contributed by atoms with Crippen molar-refractivity contribution in [3.8, 4) is 0 Å². The molecule has 70 valence electrons. The Morgan fingerprint density at radius 1 is 1.46 bits per heavy atom. The maximum Gasteiger partial charge on any atom is -0.0193 e. The fraction of sp³-hybridized carbons (Fsp3) is 0.385. The Balaban J connectivity index is 2.98. The van der Waals surface area contributed by atoms with Crippen molar-refractivity contribution < 1.29 is 0 Å². The SMILES string of the molecule is C=C(C)c1cccc(C(C)CC)c1. The van der Waals surface area contributed by atoms with Crippen molar-refractivity contribution in [3.63, 3.8) is 0 Å². The molecule has 0 aliphatic rings. The molecule has 0 aromatic heterocycles. The van der Waals surface area contributed by atoms with Crippen molar-refractivity contribution in [2.45, 2.75) is 33.1 Å². The molecule has 0 bridgehead atoms. The number of hydrogen-bond donors (Lipinski definition) is 0. The normalized spacial score (nSPS) is 12.5. The van der Waals surface area contributed by atoms with E-state index in [0.29, 0.717) is 5.92 Å². The van der Waals surface area contributed by atoms with Gasteiger partial charge in [0.1, 0.15) is 0 Å². The first-order valence-electron chi connectivity index (χ1n) is 4.91. The van der Waals surface area contributed by atoms with E-state index >= 15 is 0 Å². The van der Waals surface area contributed by atoms with Crippen molar-refractivity contribution in [1.82, 2.24) is 0 Å². The second-order valence-corrected chi connectivity index (χ2v) is 3.72. The average molecular weight is 174 g/mol. The Labute approximate surface area is 81.3 Å². The molecule has 1 aromatic rings. The number of hydrogen-bond acceptors (Lipinski definition) is 0. The molecule has 0 N–H and O–H groups in total. The van der Waals surface area contributed by atoms with Crippen LogP contribution in [-0.4, -0.2) is 0 Å². The van der Waals surface area contributed by atoms with Crippen LogP contribution in [0.3, 0.4) is 0 Å². The highest BCUT2D eigenvalue weighted by Gasteiger charge is 2.03. The van der Waals surface area contributed by atoms with E-state index in [1.165, 1.54) is 17.5 Å². The second-order valence-electron chi connectivity index (χ2n) is 3.72. The minimum absolute atomic E-state index is 0.652. The van der Waals surface area contributed by atoms with Gasteiger partial charge >= 0.3 is 0 Å². The first kappa shape index (κ1) is 10.0. The fourth-order valence-electron chi connectivity index (χ4n) is 1.35. The molecule has 0 saturated carbocycles. The summed E-state index contributed by atoms with van der Waals surface area (Å²) in [5, 5.41) is 0. The van der Waals surface area contributed by atoms with Crippen LogP contribution in [0.5, 0.6) is 0 Å². The zero-order valence-electron chi connectivity index (χ0n) is 8.80. The fourth-order valence-corrected chi connectivity index (χ4v) is 1.35. The van der Waals surface area contributed by atoms with Crippen LogP contribution in [0.2, 0.25) is 0 Å². The molecule has 1 atom stereocenters. The predicted molar refractivity (Wildman–Crippen MR) is 59.9 cm³/mol. The lowest BCUT2D eigenvalue weighted by molar-refractivity contribution is 0.733. The zero-order valence-corrected chi connectivity index (χ0v) is 8.80. The first-order chi connectivity index (χ1) is 6.15. The Kier molecular flexibility index (Phi) is 3.30. The number of benzene rings is 1. The Hall–Kier alpha value is -1.04. The van der Waals surface area contributed by atoms with Crippen molar-refractivity contribution in [3.05, 3.63) is 42.0 Å². The predicted octanol–water partition coefficient (Wildman–Crippen LogP) is 4.23. The average Bonchev–Trinajstić information content (AvgIpc) is 2.17. The molecular formula is C13H18. The van der Waals surface area contributed by atoms with Gasteiger partial charge in [-0.1, -0.05) is 50.3 Å². The van der Waals surface area contributed by atoms with Gasteiger partial charge in [-0.25, -0.2) is 0 Å². The number of allylic oxidation sites excluding steroid dienone is 1. The van der Waals surface area contributed by atoms with E-state index in [0.717, 1.165) is 5.57 Å². The van der Waals surface area contributed by atoms with Crippen molar-refractivity contribution in [2.24, 2.45) is 0 Å². The highest BCUT2D eigenvalue weighted by atomic mass is 14.1. The van der Waals surface area contributed by atoms with E-state index in [-0.39, 0.29) is 0 Å². The van der Waals surface area contributed by atoms with Crippen molar-refractivity contribution in [2.75, 3.05) is 0 Å². The second kappa shape index (κ2) is 4.27. The Bertz CT molecular complexity index is 297. The van der Waals surface area contributed by atoms with E-state index in [4.69, 9.17) is 0 Å². The van der Waals surface area contributed by atoms with Gasteiger partial charge in [0.15, 0.2) is 0 Å². The molecule has 0 radical (unpaired) electrons. The molecule has 0 saturated heterocycles. The molecule has 13 heavy (non-hydrogen) atoms. The van der Waals surface area contributed by atoms with Gasteiger partial charge in [0.25, 0.3) is 0 Å². The molecule has 0 spiro atoms. The molecule has 0 heterocycles. The summed E-state index contributed by atoms with van der Waals surface area (Å²) in [6.07, 6.45) is 1.19. The van der Waals surface area contributed by atoms with Crippen molar-refractivity contribution >= 4 is 5.57 Å². The summed E-state index contributed by atoms with van der Waals surface area (Å²) in [7, 11) is 0. The van der Waals surface area contributed by atoms with E-state index < -0.39 is 0 Å². The first-order valence-corrected chi connectivity index (χ1v) is 4.91. The minimum atomic E-state index is 0.652. The molecule has 0 heteroatoms. The third kappa shape index (κ3) is 2.45. The maximum atomic E-state index is 3.95. The standard InChI is InChI=1S/C13H18/c1-5-11(4)13-8-6-7-12(9-13)10(2)3/h6-9,11H,2,5H2,1,3-4H3. The lowest BCUT2D eigenvalue weighted by atomic mass is 9.95. The molecule has 0 aliphatic carbocycles. The van der Waals surface area contributed by atoms with E-state index in [1.807, 2.05) is 0 Å². The highest BCUT2D eigenvalue weighted by Crippen LogP contribution is 2.21. The van der Waals surface area contributed by atoms with Gasteiger partial charge in [-0.05, 0) is 30.4 Å². The van der Waals surface area contributed by atoms with Gasteiger partial charge in [0, 0.05) is 0 Å². The Morgan fingerprint density at radius 2 is 2.15 bits per heavy atom. The quantitative estimate of drug-likeness (QED) is 0.643. The zero-order chi connectivity index (χ0) is 9.84. The maximum absolute atomic E-state index is 3.95. The van der Waals surface area contributed by atoms with Crippen LogP contribution >= 0.6 is 0 Å². The monoisotopic (exact) mass is 174 g/mol. The van der Waals surface area contributed by atoms with E-state index in [2.05, 4.69) is 51.6 Å². The van der Waals surface area contributed by atoms with Gasteiger partial charge in [-0.15, -0.1) is 0 Å². The lowest BCUT2D eigenvalue weighted by Crippen LogP contribution is -1.91. The van der Waals surface area contributed by atoms with Crippen LogP contribution in [0.25, 0.3) is 5.57 Å². The molecule has 0 fully saturated rings. The van der Waals surface area contributed by atoms with E-state index in [9.17, 15) is 0 Å². The molecule has 0 nitrogen and oxygen atoms in total. The summed E-state index contributed by atoms with van der Waals surface area (Å²) < 4.78 is 0. The topological polar surface area (TPSA) is 0 Å². The van der Waals surface area contributed by atoms with Crippen LogP contribution in [0, 0.1) is 0 Å². The summed E-state index contributed by atoms with van der Waals surface area (Å²) in [5.41, 5.74) is 3.82. The largest absolute Gasteiger partial charge is 0.0955 e. The van der Waals surface area contributed by atoms with Gasteiger partial charge < -0.3 is 0 Å². The Morgan fingerprint density at radius 3 is 2.69 bits per heavy atom. The summed E-state index contributed by atoms with van der Waals surface area (Å²) in [6, 6.07) is 8.68. The van der Waals surface area contributed by atoms with Gasteiger partial charge in [-0.3, -0.25) is 0 Å². The summed E-state index contributed by atoms with van der Waals surface area (Å²) in [6.45, 7) is 10.5. The van der Waals surface area contributed by atoms with Crippen LogP contribution in [0.15, 0.2) is 30.8 Å². The minimum Gasteiger partial charge on any atom is -0.0955 e. The smallest absolute Gasteiger partial charge is 0.0193 e. The molecule has 1 aromatic carbocycles. The van der Waals surface area contributed by atoms with E-state index in [1.54, 1.807) is 0 Å². The molecular weight excluding hydrogens is 156 g/mol. The summed E-state index contributed by atoms with van der Waals surface area (Å²) >= 11 is 0. The van der Waals surface area contributed by atoms with Crippen LogP contribution in [0.4, 0.5) is 0 Å². The number of rotatable bonds is 3. The third-order valence-corrected chi connectivity index (χ3v) is 2.56. The van der Waals surface area contributed by atoms with Gasteiger partial charge in [-0.2, -0.15) is 0 Å². The molecule has 0 amide bonds. The molecule has 1 unspecified atom stereocenters. The van der Waals surface area contributed by atoms with Crippen LogP contribution < -0.4 is 0 Å². The van der Waals surface area contributed by atoms with Crippen molar-refractivity contribution in [1.29, 1.82) is 0 Å². The lowest BCUT2D eigenvalue weighted by Gasteiger charge is -2.10. The van der Waals surface area contributed by atoms with Gasteiger partial charge in [0.05, 0.1) is 0 Å². The van der Waals surface area contributed by atoms with Gasteiger partial charge in [0.2, 0.25) is 0 Å². The summed E-state index contributed by atoms with van der Waals surface area (Å²) in [4.78, 5) is 0.